The summed E-state index contributed by atoms with van der Waals surface area (Å²) < 4.78 is 7.14. The summed E-state index contributed by atoms with van der Waals surface area (Å²) in [5.41, 5.74) is 1.94. The second-order valence-corrected chi connectivity index (χ2v) is 7.17. The Morgan fingerprint density at radius 3 is 2.55 bits per heavy atom. The highest BCUT2D eigenvalue weighted by Crippen LogP contribution is 2.23. The van der Waals surface area contributed by atoms with Gasteiger partial charge in [0.15, 0.2) is 0 Å². The van der Waals surface area contributed by atoms with Crippen LogP contribution in [0.1, 0.15) is 25.0 Å². The first kappa shape index (κ1) is 17.2. The Hall–Kier alpha value is -1.11. The maximum Gasteiger partial charge on any atom is 0.124 e. The van der Waals surface area contributed by atoms with Crippen molar-refractivity contribution in [2.24, 2.45) is 0 Å². The smallest absolute Gasteiger partial charge is 0.124 e. The zero-order valence-electron chi connectivity index (χ0n) is 13.0. The fourth-order valence-electron chi connectivity index (χ4n) is 1.95. The van der Waals surface area contributed by atoms with Gasteiger partial charge in [-0.3, -0.25) is 0 Å². The molecule has 0 atom stereocenters. The number of rotatable bonds is 7. The van der Waals surface area contributed by atoms with Gasteiger partial charge in [-0.2, -0.15) is 0 Å². The number of hydrogen-bond acceptors (Lipinski definition) is 3. The van der Waals surface area contributed by atoms with Crippen LogP contribution < -0.4 is 10.1 Å². The molecule has 0 fully saturated rings. The van der Waals surface area contributed by atoms with Gasteiger partial charge < -0.3 is 15.2 Å². The van der Waals surface area contributed by atoms with Crippen LogP contribution in [0.15, 0.2) is 48.5 Å². The van der Waals surface area contributed by atoms with Crippen LogP contribution in [-0.2, 0) is 13.2 Å². The molecule has 0 saturated carbocycles. The van der Waals surface area contributed by atoms with E-state index in [4.69, 9.17) is 4.74 Å². The largest absolute Gasteiger partial charge is 0.489 e. The molecule has 0 aliphatic carbocycles. The van der Waals surface area contributed by atoms with E-state index in [0.29, 0.717) is 13.2 Å². The summed E-state index contributed by atoms with van der Waals surface area (Å²) in [6.07, 6.45) is 0. The fourth-order valence-corrected chi connectivity index (χ4v) is 2.51. The molecule has 3 nitrogen and oxygen atoms in total. The van der Waals surface area contributed by atoms with E-state index in [2.05, 4.69) is 46.1 Å². The molecule has 2 rings (SSSR count). The topological polar surface area (TPSA) is 41.5 Å². The molecule has 0 heterocycles. The Bertz CT molecular complexity index is 599. The van der Waals surface area contributed by atoms with E-state index in [9.17, 15) is 5.11 Å². The molecule has 0 aromatic heterocycles. The van der Waals surface area contributed by atoms with Crippen molar-refractivity contribution in [1.82, 2.24) is 5.32 Å². The molecule has 0 amide bonds. The van der Waals surface area contributed by atoms with Crippen LogP contribution in [0, 0.1) is 3.57 Å². The number of aliphatic hydroxyl groups excluding tert-OH is 1. The highest BCUT2D eigenvalue weighted by atomic mass is 127. The number of aliphatic hydroxyl groups is 1. The van der Waals surface area contributed by atoms with Crippen LogP contribution >= 0.6 is 22.6 Å². The van der Waals surface area contributed by atoms with Crippen LogP contribution in [0.4, 0.5) is 0 Å². The minimum Gasteiger partial charge on any atom is -0.489 e. The summed E-state index contributed by atoms with van der Waals surface area (Å²) in [6, 6.07) is 16.3. The number of halogens is 1. The maximum atomic E-state index is 9.35. The molecule has 0 bridgehead atoms. The van der Waals surface area contributed by atoms with Crippen molar-refractivity contribution in [3.8, 4) is 5.75 Å². The summed E-state index contributed by atoms with van der Waals surface area (Å²) in [7, 11) is 0. The summed E-state index contributed by atoms with van der Waals surface area (Å²) in [5, 5.41) is 12.7. The van der Waals surface area contributed by atoms with Crippen LogP contribution in [0.3, 0.4) is 0 Å². The van der Waals surface area contributed by atoms with Crippen LogP contribution in [0.2, 0.25) is 0 Å². The highest BCUT2D eigenvalue weighted by Gasteiger charge is 2.16. The van der Waals surface area contributed by atoms with Crippen LogP contribution in [0.25, 0.3) is 0 Å². The van der Waals surface area contributed by atoms with E-state index in [1.807, 2.05) is 44.2 Å². The van der Waals surface area contributed by atoms with Gasteiger partial charge in [-0.1, -0.05) is 30.3 Å². The fraction of sp³-hybridized carbons (Fsp3) is 0.333. The minimum absolute atomic E-state index is 0.0944. The van der Waals surface area contributed by atoms with E-state index in [1.165, 1.54) is 3.57 Å². The molecule has 0 aliphatic rings. The van der Waals surface area contributed by atoms with Gasteiger partial charge in [-0.05, 0) is 60.2 Å². The number of ether oxygens (including phenoxy) is 1. The minimum atomic E-state index is -0.308. The molecule has 22 heavy (non-hydrogen) atoms. The lowest BCUT2D eigenvalue weighted by Crippen LogP contribution is -2.42. The summed E-state index contributed by atoms with van der Waals surface area (Å²) in [5.74, 6) is 0.880. The normalized spacial score (nSPS) is 11.5. The zero-order valence-corrected chi connectivity index (χ0v) is 15.1. The number of nitrogens with one attached hydrogen (secondary N) is 1. The van der Waals surface area contributed by atoms with Gasteiger partial charge in [0.05, 0.1) is 6.61 Å². The molecule has 2 aromatic rings. The Kier molecular flexibility index (Phi) is 6.23. The second kappa shape index (κ2) is 7.94. The Morgan fingerprint density at radius 2 is 1.86 bits per heavy atom. The van der Waals surface area contributed by atoms with Crippen molar-refractivity contribution < 1.29 is 9.84 Å². The maximum absolute atomic E-state index is 9.35. The molecule has 118 valence electrons. The van der Waals surface area contributed by atoms with E-state index in [1.54, 1.807) is 0 Å². The van der Waals surface area contributed by atoms with Gasteiger partial charge in [0.1, 0.15) is 12.4 Å². The number of hydrogen-bond donors (Lipinski definition) is 2. The quantitative estimate of drug-likeness (QED) is 0.683. The first-order valence-electron chi connectivity index (χ1n) is 7.31. The molecule has 2 N–H and O–H groups in total. The third-order valence-electron chi connectivity index (χ3n) is 3.41. The number of benzene rings is 2. The van der Waals surface area contributed by atoms with Gasteiger partial charge in [0.25, 0.3) is 0 Å². The first-order chi connectivity index (χ1) is 10.5. The molecule has 0 radical (unpaired) electrons. The van der Waals surface area contributed by atoms with Crippen LogP contribution in [0.5, 0.6) is 5.75 Å². The Morgan fingerprint density at radius 1 is 1.14 bits per heavy atom. The zero-order chi connectivity index (χ0) is 16.0. The molecule has 0 unspecified atom stereocenters. The summed E-state index contributed by atoms with van der Waals surface area (Å²) in [4.78, 5) is 0. The monoisotopic (exact) mass is 411 g/mol. The van der Waals surface area contributed by atoms with E-state index in [-0.39, 0.29) is 12.1 Å². The molecule has 0 saturated heterocycles. The molecule has 0 aliphatic heterocycles. The lowest BCUT2D eigenvalue weighted by molar-refractivity contribution is 0.186. The average Bonchev–Trinajstić information content (AvgIpc) is 2.53. The molecule has 4 heteroatoms. The van der Waals surface area contributed by atoms with Gasteiger partial charge in [-0.25, -0.2) is 0 Å². The third-order valence-corrected chi connectivity index (χ3v) is 4.08. The predicted octanol–water partition coefficient (Wildman–Crippen LogP) is 3.73. The van der Waals surface area contributed by atoms with Gasteiger partial charge in [0, 0.05) is 21.2 Å². The lowest BCUT2D eigenvalue weighted by atomic mass is 10.1. The van der Waals surface area contributed by atoms with Gasteiger partial charge in [0.2, 0.25) is 0 Å². The summed E-state index contributed by atoms with van der Waals surface area (Å²) >= 11 is 2.30. The summed E-state index contributed by atoms with van der Waals surface area (Å²) in [6.45, 7) is 5.26. The Labute approximate surface area is 145 Å². The second-order valence-electron chi connectivity index (χ2n) is 5.92. The third kappa shape index (κ3) is 5.26. The van der Waals surface area contributed by atoms with Crippen molar-refractivity contribution >= 4 is 22.6 Å². The standard InChI is InChI=1S/C18H22INO2/c1-18(2,13-21)20-11-15-10-16(19)8-9-17(15)22-12-14-6-4-3-5-7-14/h3-10,20-21H,11-13H2,1-2H3. The van der Waals surface area contributed by atoms with Crippen molar-refractivity contribution in [1.29, 1.82) is 0 Å². The molecular weight excluding hydrogens is 389 g/mol. The van der Waals surface area contributed by atoms with E-state index >= 15 is 0 Å². The van der Waals surface area contributed by atoms with E-state index in [0.717, 1.165) is 16.9 Å². The van der Waals surface area contributed by atoms with E-state index < -0.39 is 0 Å². The Balaban J connectivity index is 2.07. The van der Waals surface area contributed by atoms with Crippen molar-refractivity contribution in [2.75, 3.05) is 6.61 Å². The van der Waals surface area contributed by atoms with Crippen molar-refractivity contribution in [2.45, 2.75) is 32.5 Å². The molecular formula is C18H22INO2. The van der Waals surface area contributed by atoms with Gasteiger partial charge in [-0.15, -0.1) is 0 Å². The first-order valence-corrected chi connectivity index (χ1v) is 8.39. The average molecular weight is 411 g/mol. The molecule has 2 aromatic carbocycles. The lowest BCUT2D eigenvalue weighted by Gasteiger charge is -2.24. The highest BCUT2D eigenvalue weighted by molar-refractivity contribution is 14.1. The van der Waals surface area contributed by atoms with Gasteiger partial charge >= 0.3 is 0 Å². The molecule has 0 spiro atoms. The van der Waals surface area contributed by atoms with Crippen LogP contribution in [-0.4, -0.2) is 17.3 Å². The van der Waals surface area contributed by atoms with Crippen molar-refractivity contribution in [3.63, 3.8) is 0 Å². The van der Waals surface area contributed by atoms with Crippen molar-refractivity contribution in [3.05, 3.63) is 63.2 Å². The SMILES string of the molecule is CC(C)(CO)NCc1cc(I)ccc1OCc1ccccc1. The predicted molar refractivity (Wildman–Crippen MR) is 97.9 cm³/mol.